The highest BCUT2D eigenvalue weighted by Crippen LogP contribution is 2.66. The molecular weight excluding hydrogens is 518 g/mol. The number of nitrogens with one attached hydrogen (secondary N) is 2. The molecule has 3 aliphatic rings. The number of Topliss-reactive ketones (excluding diaryl/α,β-unsaturated/α-hetero) is 1. The molecule has 2 N–H and O–H groups in total. The predicted octanol–water partition coefficient (Wildman–Crippen LogP) is 6.16. The van der Waals surface area contributed by atoms with Gasteiger partial charge in [-0.25, -0.2) is 0 Å². The Balaban J connectivity index is 1.56. The summed E-state index contributed by atoms with van der Waals surface area (Å²) < 4.78 is 0. The molecule has 2 spiro atoms. The van der Waals surface area contributed by atoms with Crippen LogP contribution in [0.4, 0.5) is 5.69 Å². The van der Waals surface area contributed by atoms with Crippen LogP contribution in [0, 0.1) is 19.3 Å². The molecule has 2 fully saturated rings. The smallest absolute Gasteiger partial charge is 0.250 e. The Morgan fingerprint density at radius 1 is 0.810 bits per heavy atom. The summed E-state index contributed by atoms with van der Waals surface area (Å²) in [6, 6.07) is 34.4. The minimum atomic E-state index is -1.27. The Kier molecular flexibility index (Phi) is 6.26. The maximum Gasteiger partial charge on any atom is 0.250 e. The van der Waals surface area contributed by atoms with E-state index in [0.29, 0.717) is 13.1 Å². The van der Waals surface area contributed by atoms with Crippen molar-refractivity contribution in [2.45, 2.75) is 31.3 Å². The highest BCUT2D eigenvalue weighted by molar-refractivity contribution is 6.16. The van der Waals surface area contributed by atoms with Crippen LogP contribution in [0.2, 0.25) is 0 Å². The van der Waals surface area contributed by atoms with Gasteiger partial charge in [-0.1, -0.05) is 97.1 Å². The zero-order valence-electron chi connectivity index (χ0n) is 24.2. The fraction of sp³-hybridized carbons (Fsp3) is 0.243. The van der Waals surface area contributed by atoms with Gasteiger partial charge in [-0.15, -0.1) is 0 Å². The van der Waals surface area contributed by atoms with E-state index in [4.69, 9.17) is 0 Å². The number of carbonyl (C=O) groups is 2. The number of nitrogens with zero attached hydrogens (tertiary/aromatic N) is 1. The molecule has 4 aromatic carbocycles. The first kappa shape index (κ1) is 26.6. The van der Waals surface area contributed by atoms with Gasteiger partial charge >= 0.3 is 0 Å². The minimum absolute atomic E-state index is 0.0369. The summed E-state index contributed by atoms with van der Waals surface area (Å²) in [5, 5.41) is 7.06. The maximum absolute atomic E-state index is 15.5. The van der Waals surface area contributed by atoms with Crippen LogP contribution in [0.25, 0.3) is 6.08 Å². The lowest BCUT2D eigenvalue weighted by atomic mass is 9.55. The van der Waals surface area contributed by atoms with E-state index in [1.54, 1.807) is 0 Å². The lowest BCUT2D eigenvalue weighted by Gasteiger charge is -2.49. The first-order valence-corrected chi connectivity index (χ1v) is 14.7. The fourth-order valence-electron chi connectivity index (χ4n) is 7.90. The number of piperidine rings is 1. The molecule has 0 aliphatic carbocycles. The van der Waals surface area contributed by atoms with Gasteiger partial charge in [-0.3, -0.25) is 14.9 Å². The summed E-state index contributed by atoms with van der Waals surface area (Å²) in [5.41, 5.74) is 5.32. The van der Waals surface area contributed by atoms with Gasteiger partial charge in [0.1, 0.15) is 5.54 Å². The number of benzene rings is 4. The number of rotatable bonds is 3. The number of fused-ring (bicyclic) bond motifs is 3. The molecule has 5 heteroatoms. The lowest BCUT2D eigenvalue weighted by molar-refractivity contribution is -0.141. The number of likely N-dealkylation sites (tertiary alicyclic amines) is 1. The van der Waals surface area contributed by atoms with Crippen LogP contribution in [0.1, 0.15) is 45.3 Å². The Morgan fingerprint density at radius 2 is 1.48 bits per heavy atom. The Hall–Kier alpha value is -4.32. The minimum Gasteiger partial charge on any atom is -0.324 e. The van der Waals surface area contributed by atoms with Crippen molar-refractivity contribution >= 4 is 23.5 Å². The van der Waals surface area contributed by atoms with Crippen LogP contribution in [0.5, 0.6) is 0 Å². The van der Waals surface area contributed by atoms with Crippen molar-refractivity contribution in [3.63, 3.8) is 0 Å². The summed E-state index contributed by atoms with van der Waals surface area (Å²) in [6.45, 7) is 5.14. The van der Waals surface area contributed by atoms with Gasteiger partial charge < -0.3 is 10.2 Å². The van der Waals surface area contributed by atoms with E-state index >= 15 is 4.79 Å². The molecule has 7 rings (SSSR count). The molecule has 0 bridgehead atoms. The van der Waals surface area contributed by atoms with Crippen LogP contribution in [0.15, 0.2) is 109 Å². The van der Waals surface area contributed by atoms with Crippen LogP contribution in [-0.2, 0) is 15.1 Å². The van der Waals surface area contributed by atoms with Crippen molar-refractivity contribution in [1.82, 2.24) is 10.2 Å². The highest BCUT2D eigenvalue weighted by Gasteiger charge is 2.75. The number of carbonyl (C=O) groups excluding carboxylic acids is 2. The summed E-state index contributed by atoms with van der Waals surface area (Å²) in [5.74, 6) is -0.442. The number of para-hydroxylation sites is 1. The predicted molar refractivity (Wildman–Crippen MR) is 167 cm³/mol. The number of likely N-dealkylation sites (N-methyl/N-ethyl adjacent to an activating group) is 1. The van der Waals surface area contributed by atoms with Crippen molar-refractivity contribution in [2.75, 3.05) is 25.5 Å². The van der Waals surface area contributed by atoms with E-state index in [-0.39, 0.29) is 23.7 Å². The number of aryl methyl sites for hydroxylation is 2. The third-order valence-corrected chi connectivity index (χ3v) is 9.68. The molecule has 4 atom stereocenters. The molecule has 3 heterocycles. The van der Waals surface area contributed by atoms with Crippen molar-refractivity contribution in [1.29, 1.82) is 0 Å². The third-order valence-electron chi connectivity index (χ3n) is 9.68. The summed E-state index contributed by atoms with van der Waals surface area (Å²) in [4.78, 5) is 32.3. The van der Waals surface area contributed by atoms with E-state index in [2.05, 4.69) is 72.8 Å². The fourth-order valence-corrected chi connectivity index (χ4v) is 7.90. The zero-order chi connectivity index (χ0) is 29.1. The lowest BCUT2D eigenvalue weighted by Crippen LogP contribution is -2.65. The molecule has 5 nitrogen and oxygen atoms in total. The summed E-state index contributed by atoms with van der Waals surface area (Å²) in [6.07, 6.45) is 2.05. The second-order valence-corrected chi connectivity index (χ2v) is 12.1. The Labute approximate surface area is 247 Å². The standard InChI is InChI=1S/C37H35N3O2/c1-24-13-7-9-17-27(24)21-28-22-40(3)23-36(34(28)41)32(29-18-10-8-14-25(29)2)33(26-15-5-4-6-16-26)39-37(36)30-19-11-12-20-31(30)38-35(37)42/h4-21,32-33,39H,22-23H2,1-3H3,(H,38,42)/b28-21+/t32-,33-,36-,37-/m0/s1. The molecule has 210 valence electrons. The molecule has 1 amide bonds. The van der Waals surface area contributed by atoms with Crippen LogP contribution >= 0.6 is 0 Å². The van der Waals surface area contributed by atoms with Crippen molar-refractivity contribution in [2.24, 2.45) is 5.41 Å². The second-order valence-electron chi connectivity index (χ2n) is 12.1. The molecule has 3 aliphatic heterocycles. The summed E-state index contributed by atoms with van der Waals surface area (Å²) >= 11 is 0. The van der Waals surface area contributed by atoms with Gasteiger partial charge in [0.15, 0.2) is 5.78 Å². The van der Waals surface area contributed by atoms with Crippen molar-refractivity contribution in [3.05, 3.63) is 142 Å². The Bertz CT molecular complexity index is 1740. The molecular formula is C37H35N3O2. The van der Waals surface area contributed by atoms with E-state index in [0.717, 1.165) is 44.6 Å². The summed E-state index contributed by atoms with van der Waals surface area (Å²) in [7, 11) is 2.07. The molecule has 2 saturated heterocycles. The van der Waals surface area contributed by atoms with E-state index in [9.17, 15) is 4.79 Å². The second kappa shape index (κ2) is 9.90. The van der Waals surface area contributed by atoms with Crippen LogP contribution < -0.4 is 10.6 Å². The normalized spacial score (nSPS) is 28.0. The molecule has 0 unspecified atom stereocenters. The molecule has 0 radical (unpaired) electrons. The average Bonchev–Trinajstić information content (AvgIpc) is 3.45. The van der Waals surface area contributed by atoms with Gasteiger partial charge in [0.25, 0.3) is 5.91 Å². The third kappa shape index (κ3) is 3.70. The van der Waals surface area contributed by atoms with Crippen molar-refractivity contribution in [3.8, 4) is 0 Å². The number of ketones is 1. The number of amides is 1. The van der Waals surface area contributed by atoms with Gasteiger partial charge in [0.05, 0.1) is 5.41 Å². The van der Waals surface area contributed by atoms with E-state index in [1.165, 1.54) is 0 Å². The Morgan fingerprint density at radius 3 is 2.24 bits per heavy atom. The largest absolute Gasteiger partial charge is 0.324 e. The van der Waals surface area contributed by atoms with Gasteiger partial charge in [0, 0.05) is 41.9 Å². The van der Waals surface area contributed by atoms with E-state index < -0.39 is 11.0 Å². The van der Waals surface area contributed by atoms with Crippen LogP contribution in [0.3, 0.4) is 0 Å². The monoisotopic (exact) mass is 553 g/mol. The number of hydrogen-bond acceptors (Lipinski definition) is 4. The molecule has 4 aromatic rings. The van der Waals surface area contributed by atoms with Crippen molar-refractivity contribution < 1.29 is 9.59 Å². The molecule has 0 saturated carbocycles. The topological polar surface area (TPSA) is 61.4 Å². The molecule has 42 heavy (non-hydrogen) atoms. The highest BCUT2D eigenvalue weighted by atomic mass is 16.2. The first-order chi connectivity index (χ1) is 20.4. The van der Waals surface area contributed by atoms with Gasteiger partial charge in [-0.05, 0) is 60.9 Å². The zero-order valence-corrected chi connectivity index (χ0v) is 24.2. The van der Waals surface area contributed by atoms with E-state index in [1.807, 2.05) is 72.8 Å². The van der Waals surface area contributed by atoms with Crippen LogP contribution in [-0.4, -0.2) is 36.7 Å². The van der Waals surface area contributed by atoms with Gasteiger partial charge in [0.2, 0.25) is 0 Å². The number of anilines is 1. The number of hydrogen-bond donors (Lipinski definition) is 2. The average molecular weight is 554 g/mol. The van der Waals surface area contributed by atoms with Gasteiger partial charge in [-0.2, -0.15) is 0 Å². The maximum atomic E-state index is 15.5. The quantitative estimate of drug-likeness (QED) is 0.298. The molecule has 0 aromatic heterocycles. The first-order valence-electron chi connectivity index (χ1n) is 14.7. The SMILES string of the molecule is Cc1ccccc1/C=C1\CN(C)C[C@@]2(C1=O)[C@@H](c1ccccc1C)[C@H](c1ccccc1)N[C@@]21C(=O)Nc2ccccc21.